The van der Waals surface area contributed by atoms with Crippen LogP contribution in [0.3, 0.4) is 0 Å². The van der Waals surface area contributed by atoms with Crippen molar-refractivity contribution in [2.45, 2.75) is 83.5 Å². The van der Waals surface area contributed by atoms with Crippen LogP contribution in [0.5, 0.6) is 0 Å². The van der Waals surface area contributed by atoms with Gasteiger partial charge in [0.25, 0.3) is 0 Å². The Morgan fingerprint density at radius 2 is 1.47 bits per heavy atom. The molecule has 0 amide bonds. The van der Waals surface area contributed by atoms with Crippen molar-refractivity contribution in [3.63, 3.8) is 0 Å². The average molecular weight is 405 g/mol. The number of rotatable bonds is 6. The summed E-state index contributed by atoms with van der Waals surface area (Å²) in [7, 11) is 0. The summed E-state index contributed by atoms with van der Waals surface area (Å²) in [5.41, 5.74) is 18.4. The zero-order chi connectivity index (χ0) is 20.9. The fourth-order valence-corrected chi connectivity index (χ4v) is 6.32. The van der Waals surface area contributed by atoms with Gasteiger partial charge in [0.2, 0.25) is 0 Å². The summed E-state index contributed by atoms with van der Waals surface area (Å²) in [5.74, 6) is 3.61. The summed E-state index contributed by atoms with van der Waals surface area (Å²) in [6.07, 6.45) is 15.0. The van der Waals surface area contributed by atoms with Crippen molar-refractivity contribution in [1.82, 2.24) is 0 Å². The molecule has 30 heavy (non-hydrogen) atoms. The monoisotopic (exact) mass is 404 g/mol. The minimum atomic E-state index is 0.637. The Morgan fingerprint density at radius 3 is 2.13 bits per heavy atom. The number of nitrogens with two attached hydrogens (primary N) is 2. The van der Waals surface area contributed by atoms with Gasteiger partial charge in [0, 0.05) is 11.4 Å². The first-order chi connectivity index (χ1) is 14.6. The van der Waals surface area contributed by atoms with Crippen LogP contribution in [0.4, 0.5) is 11.4 Å². The lowest BCUT2D eigenvalue weighted by Gasteiger charge is -2.38. The first kappa shape index (κ1) is 21.3. The first-order valence-electron chi connectivity index (χ1n) is 12.4. The molecule has 0 heterocycles. The molecule has 2 aliphatic carbocycles. The number of benzene rings is 2. The van der Waals surface area contributed by atoms with Crippen LogP contribution in [-0.2, 0) is 6.42 Å². The third-order valence-corrected chi connectivity index (χ3v) is 8.04. The highest BCUT2D eigenvalue weighted by molar-refractivity contribution is 5.57. The Morgan fingerprint density at radius 1 is 0.800 bits per heavy atom. The molecule has 0 atom stereocenters. The second kappa shape index (κ2) is 9.90. The quantitative estimate of drug-likeness (QED) is 0.495. The average Bonchev–Trinajstić information content (AvgIpc) is 2.76. The molecule has 4 rings (SSSR count). The number of para-hydroxylation sites is 1. The minimum Gasteiger partial charge on any atom is -0.399 e. The van der Waals surface area contributed by atoms with E-state index < -0.39 is 0 Å². The smallest absolute Gasteiger partial charge is 0.0385 e. The van der Waals surface area contributed by atoms with Crippen molar-refractivity contribution >= 4 is 11.4 Å². The van der Waals surface area contributed by atoms with E-state index in [1.807, 2.05) is 12.1 Å². The molecule has 162 valence electrons. The van der Waals surface area contributed by atoms with Crippen LogP contribution in [0.15, 0.2) is 42.5 Å². The molecular formula is C28H40N2. The van der Waals surface area contributed by atoms with Crippen LogP contribution in [0, 0.1) is 17.8 Å². The van der Waals surface area contributed by atoms with E-state index in [0.29, 0.717) is 5.92 Å². The van der Waals surface area contributed by atoms with E-state index in [9.17, 15) is 0 Å². The summed E-state index contributed by atoms with van der Waals surface area (Å²) in [5, 5.41) is 0. The Labute approximate surface area is 183 Å². The van der Waals surface area contributed by atoms with Crippen LogP contribution in [0.2, 0.25) is 0 Å². The maximum absolute atomic E-state index is 6.69. The van der Waals surface area contributed by atoms with Crippen molar-refractivity contribution in [1.29, 1.82) is 0 Å². The predicted octanol–water partition coefficient (Wildman–Crippen LogP) is 7.32. The second-order valence-electron chi connectivity index (χ2n) is 10.0. The van der Waals surface area contributed by atoms with Crippen LogP contribution >= 0.6 is 0 Å². The Kier molecular flexibility index (Phi) is 7.02. The molecule has 2 aliphatic rings. The second-order valence-corrected chi connectivity index (χ2v) is 10.0. The molecule has 0 radical (unpaired) electrons. The Hall–Kier alpha value is -1.96. The van der Waals surface area contributed by atoms with Gasteiger partial charge in [0.15, 0.2) is 0 Å². The number of hydrogen-bond acceptors (Lipinski definition) is 2. The third kappa shape index (κ3) is 5.02. The van der Waals surface area contributed by atoms with Gasteiger partial charge in [-0.3, -0.25) is 0 Å². The van der Waals surface area contributed by atoms with E-state index in [-0.39, 0.29) is 0 Å². The normalized spacial score (nSPS) is 27.1. The maximum Gasteiger partial charge on any atom is 0.0385 e. The Bertz CT molecular complexity index is 811. The molecule has 0 bridgehead atoms. The lowest BCUT2D eigenvalue weighted by molar-refractivity contribution is 0.156. The standard InChI is InChI=1S/C28H40N2/c1-2-5-20-10-12-22(13-11-20)23-14-16-24(17-15-23)27-9-4-7-25(28(27)30)18-21-6-3-8-26(29)19-21/h3-4,6-9,19-20,22-24H,2,5,10-18,29-30H2,1H3. The van der Waals surface area contributed by atoms with Crippen molar-refractivity contribution in [2.75, 3.05) is 11.5 Å². The van der Waals surface area contributed by atoms with Crippen molar-refractivity contribution < 1.29 is 0 Å². The van der Waals surface area contributed by atoms with E-state index in [1.54, 1.807) is 0 Å². The summed E-state index contributed by atoms with van der Waals surface area (Å²) in [4.78, 5) is 0. The highest BCUT2D eigenvalue weighted by Crippen LogP contribution is 2.45. The maximum atomic E-state index is 6.69. The van der Waals surface area contributed by atoms with Gasteiger partial charge in [0.1, 0.15) is 0 Å². The first-order valence-corrected chi connectivity index (χ1v) is 12.4. The van der Waals surface area contributed by atoms with Gasteiger partial charge in [-0.15, -0.1) is 0 Å². The molecule has 2 nitrogen and oxygen atoms in total. The zero-order valence-electron chi connectivity index (χ0n) is 18.8. The molecule has 2 heteroatoms. The Balaban J connectivity index is 1.36. The minimum absolute atomic E-state index is 0.637. The lowest BCUT2D eigenvalue weighted by Crippen LogP contribution is -2.25. The van der Waals surface area contributed by atoms with Crippen molar-refractivity contribution in [3.05, 3.63) is 59.2 Å². The van der Waals surface area contributed by atoms with Crippen LogP contribution in [0.25, 0.3) is 0 Å². The van der Waals surface area contributed by atoms with E-state index in [0.717, 1.165) is 35.5 Å². The van der Waals surface area contributed by atoms with Crippen molar-refractivity contribution in [3.8, 4) is 0 Å². The molecule has 0 spiro atoms. The van der Waals surface area contributed by atoms with Crippen LogP contribution < -0.4 is 11.5 Å². The molecule has 0 saturated heterocycles. The van der Waals surface area contributed by atoms with Gasteiger partial charge < -0.3 is 11.5 Å². The summed E-state index contributed by atoms with van der Waals surface area (Å²) in [6, 6.07) is 14.8. The molecule has 0 aliphatic heterocycles. The van der Waals surface area contributed by atoms with E-state index in [1.165, 1.54) is 80.9 Å². The fraction of sp³-hybridized carbons (Fsp3) is 0.571. The van der Waals surface area contributed by atoms with Gasteiger partial charge >= 0.3 is 0 Å². The molecule has 2 aromatic rings. The van der Waals surface area contributed by atoms with Gasteiger partial charge in [-0.2, -0.15) is 0 Å². The highest BCUT2D eigenvalue weighted by Gasteiger charge is 2.31. The predicted molar refractivity (Wildman–Crippen MR) is 130 cm³/mol. The number of nitrogen functional groups attached to an aromatic ring is 2. The fourth-order valence-electron chi connectivity index (χ4n) is 6.32. The van der Waals surface area contributed by atoms with Crippen LogP contribution in [0.1, 0.15) is 93.7 Å². The molecule has 2 saturated carbocycles. The molecule has 2 fully saturated rings. The lowest BCUT2D eigenvalue weighted by atomic mass is 9.68. The molecule has 0 aromatic heterocycles. The number of anilines is 2. The molecule has 4 N–H and O–H groups in total. The summed E-state index contributed by atoms with van der Waals surface area (Å²) < 4.78 is 0. The van der Waals surface area contributed by atoms with Gasteiger partial charge in [-0.05, 0) is 97.4 Å². The molecule has 2 aromatic carbocycles. The van der Waals surface area contributed by atoms with E-state index in [4.69, 9.17) is 11.5 Å². The van der Waals surface area contributed by atoms with Gasteiger partial charge in [0.05, 0.1) is 0 Å². The summed E-state index contributed by atoms with van der Waals surface area (Å²) in [6.45, 7) is 2.34. The van der Waals surface area contributed by atoms with Gasteiger partial charge in [-0.1, -0.05) is 62.9 Å². The topological polar surface area (TPSA) is 52.0 Å². The molecular weight excluding hydrogens is 364 g/mol. The van der Waals surface area contributed by atoms with Crippen molar-refractivity contribution in [2.24, 2.45) is 17.8 Å². The zero-order valence-corrected chi connectivity index (χ0v) is 18.8. The highest BCUT2D eigenvalue weighted by atomic mass is 14.6. The number of hydrogen-bond donors (Lipinski definition) is 2. The van der Waals surface area contributed by atoms with E-state index in [2.05, 4.69) is 37.3 Å². The van der Waals surface area contributed by atoms with Crippen LogP contribution in [-0.4, -0.2) is 0 Å². The third-order valence-electron chi connectivity index (χ3n) is 8.04. The largest absolute Gasteiger partial charge is 0.399 e. The van der Waals surface area contributed by atoms with Gasteiger partial charge in [-0.25, -0.2) is 0 Å². The summed E-state index contributed by atoms with van der Waals surface area (Å²) >= 11 is 0. The van der Waals surface area contributed by atoms with E-state index >= 15 is 0 Å². The molecule has 0 unspecified atom stereocenters. The SMILES string of the molecule is CCCC1CCC(C2CCC(c3cccc(Cc4cccc(N)c4)c3N)CC2)CC1.